The number of ether oxygens (including phenoxy) is 1. The normalized spacial score (nSPS) is 22.4. The van der Waals surface area contributed by atoms with Gasteiger partial charge < -0.3 is 9.64 Å². The molecule has 0 unspecified atom stereocenters. The molecule has 3 heterocycles. The van der Waals surface area contributed by atoms with Gasteiger partial charge in [0.2, 0.25) is 0 Å². The number of pyridine rings is 1. The molecule has 1 N–H and O–H groups in total. The van der Waals surface area contributed by atoms with Crippen LogP contribution in [0.15, 0.2) is 18.6 Å². The zero-order chi connectivity index (χ0) is 14.1. The second-order valence-corrected chi connectivity index (χ2v) is 5.03. The van der Waals surface area contributed by atoms with Crippen LogP contribution in [0.4, 0.5) is 10.2 Å². The predicted molar refractivity (Wildman–Crippen MR) is 71.1 cm³/mol. The van der Waals surface area contributed by atoms with Crippen LogP contribution in [0, 0.1) is 5.82 Å². The molecule has 1 fully saturated rings. The van der Waals surface area contributed by atoms with E-state index in [1.165, 1.54) is 18.6 Å². The summed E-state index contributed by atoms with van der Waals surface area (Å²) < 4.78 is 19.4. The van der Waals surface area contributed by atoms with E-state index in [2.05, 4.69) is 20.2 Å². The van der Waals surface area contributed by atoms with E-state index in [1.807, 2.05) is 4.90 Å². The number of anilines is 1. The van der Waals surface area contributed by atoms with Crippen LogP contribution in [0.1, 0.15) is 18.3 Å². The quantitative estimate of drug-likeness (QED) is 0.938. The smallest absolute Gasteiger partial charge is 0.167 e. The minimum atomic E-state index is -0.459. The standard InChI is InChI=1S/C12H13ClFN5O/c1-20-8-3-10(11-16-6-17-18-11)19(5-8)12-9(14)2-7(13)4-15-12/h2,4,6,8,10H,3,5H2,1H3,(H,16,17,18)/t8-,10+/m1/s1. The average molecular weight is 298 g/mol. The molecule has 1 aliphatic rings. The number of halogens is 2. The number of aromatic nitrogens is 4. The van der Waals surface area contributed by atoms with Crippen molar-refractivity contribution < 1.29 is 9.13 Å². The van der Waals surface area contributed by atoms with Gasteiger partial charge in [0.05, 0.1) is 17.2 Å². The first kappa shape index (κ1) is 13.3. The largest absolute Gasteiger partial charge is 0.380 e. The maximum absolute atomic E-state index is 14.1. The number of rotatable bonds is 3. The Labute approximate surface area is 119 Å². The molecule has 0 saturated carbocycles. The van der Waals surface area contributed by atoms with E-state index in [1.54, 1.807) is 7.11 Å². The highest BCUT2D eigenvalue weighted by Gasteiger charge is 2.37. The molecule has 106 valence electrons. The summed E-state index contributed by atoms with van der Waals surface area (Å²) in [6.45, 7) is 0.535. The SMILES string of the molecule is CO[C@@H]1C[C@@H](c2ncn[nH]2)N(c2ncc(Cl)cc2F)C1. The van der Waals surface area contributed by atoms with Crippen molar-refractivity contribution in [3.8, 4) is 0 Å². The van der Waals surface area contributed by atoms with E-state index in [0.717, 1.165) is 0 Å². The second kappa shape index (κ2) is 5.34. The van der Waals surface area contributed by atoms with Gasteiger partial charge in [-0.2, -0.15) is 5.10 Å². The summed E-state index contributed by atoms with van der Waals surface area (Å²) in [5, 5.41) is 6.93. The Morgan fingerprint density at radius 1 is 1.50 bits per heavy atom. The highest BCUT2D eigenvalue weighted by molar-refractivity contribution is 6.30. The zero-order valence-electron chi connectivity index (χ0n) is 10.8. The molecular weight excluding hydrogens is 285 g/mol. The first-order valence-electron chi connectivity index (χ1n) is 6.14. The molecule has 1 saturated heterocycles. The van der Waals surface area contributed by atoms with Crippen LogP contribution in [-0.4, -0.2) is 39.9 Å². The summed E-state index contributed by atoms with van der Waals surface area (Å²) in [7, 11) is 1.64. The van der Waals surface area contributed by atoms with Crippen molar-refractivity contribution >= 4 is 17.4 Å². The lowest BCUT2D eigenvalue weighted by atomic mass is 10.2. The highest BCUT2D eigenvalue weighted by atomic mass is 35.5. The number of methoxy groups -OCH3 is 1. The number of H-pyrrole nitrogens is 1. The van der Waals surface area contributed by atoms with Gasteiger partial charge in [0.25, 0.3) is 0 Å². The summed E-state index contributed by atoms with van der Waals surface area (Å²) in [5.41, 5.74) is 0. The fourth-order valence-electron chi connectivity index (χ4n) is 2.46. The van der Waals surface area contributed by atoms with Crippen molar-refractivity contribution in [3.05, 3.63) is 35.3 Å². The molecule has 0 bridgehead atoms. The third kappa shape index (κ3) is 2.34. The second-order valence-electron chi connectivity index (χ2n) is 4.59. The minimum Gasteiger partial charge on any atom is -0.380 e. The number of aromatic amines is 1. The Kier molecular flexibility index (Phi) is 3.54. The highest BCUT2D eigenvalue weighted by Crippen LogP contribution is 2.36. The number of hydrogen-bond acceptors (Lipinski definition) is 5. The van der Waals surface area contributed by atoms with Gasteiger partial charge in [-0.3, -0.25) is 5.10 Å². The molecule has 0 aromatic carbocycles. The molecule has 6 nitrogen and oxygen atoms in total. The van der Waals surface area contributed by atoms with Crippen LogP contribution in [0.3, 0.4) is 0 Å². The monoisotopic (exact) mass is 297 g/mol. The Morgan fingerprint density at radius 3 is 3.00 bits per heavy atom. The third-order valence-electron chi connectivity index (χ3n) is 3.41. The zero-order valence-corrected chi connectivity index (χ0v) is 11.5. The van der Waals surface area contributed by atoms with Gasteiger partial charge in [-0.05, 0) is 6.07 Å². The van der Waals surface area contributed by atoms with E-state index in [4.69, 9.17) is 16.3 Å². The maximum atomic E-state index is 14.1. The van der Waals surface area contributed by atoms with Gasteiger partial charge in [0.1, 0.15) is 12.2 Å². The summed E-state index contributed by atoms with van der Waals surface area (Å²) >= 11 is 5.74. The van der Waals surface area contributed by atoms with Crippen LogP contribution in [0.2, 0.25) is 5.02 Å². The fourth-order valence-corrected chi connectivity index (χ4v) is 2.60. The summed E-state index contributed by atoms with van der Waals surface area (Å²) in [4.78, 5) is 10.1. The van der Waals surface area contributed by atoms with Crippen molar-refractivity contribution in [1.82, 2.24) is 20.2 Å². The first-order valence-corrected chi connectivity index (χ1v) is 6.52. The lowest BCUT2D eigenvalue weighted by Gasteiger charge is -2.24. The molecule has 8 heteroatoms. The summed E-state index contributed by atoms with van der Waals surface area (Å²) in [6.07, 6.45) is 3.54. The number of nitrogens with zero attached hydrogens (tertiary/aromatic N) is 4. The summed E-state index contributed by atoms with van der Waals surface area (Å²) in [6, 6.07) is 1.10. The Bertz CT molecular complexity index is 594. The number of nitrogens with one attached hydrogen (secondary N) is 1. The Balaban J connectivity index is 1.96. The van der Waals surface area contributed by atoms with Crippen molar-refractivity contribution in [3.63, 3.8) is 0 Å². The Morgan fingerprint density at radius 2 is 2.35 bits per heavy atom. The van der Waals surface area contributed by atoms with Crippen molar-refractivity contribution in [2.24, 2.45) is 0 Å². The van der Waals surface area contributed by atoms with Crippen molar-refractivity contribution in [2.75, 3.05) is 18.6 Å². The van der Waals surface area contributed by atoms with Gasteiger partial charge in [0, 0.05) is 26.3 Å². The van der Waals surface area contributed by atoms with Crippen molar-refractivity contribution in [2.45, 2.75) is 18.6 Å². The molecule has 0 spiro atoms. The minimum absolute atomic E-state index is 0.0121. The number of hydrogen-bond donors (Lipinski definition) is 1. The van der Waals surface area contributed by atoms with Crippen LogP contribution < -0.4 is 4.90 Å². The lowest BCUT2D eigenvalue weighted by Crippen LogP contribution is -2.27. The Hall–Kier alpha value is -1.73. The molecule has 2 aromatic heterocycles. The fraction of sp³-hybridized carbons (Fsp3) is 0.417. The molecule has 20 heavy (non-hydrogen) atoms. The molecule has 2 aromatic rings. The van der Waals surface area contributed by atoms with Crippen LogP contribution in [0.5, 0.6) is 0 Å². The molecule has 0 amide bonds. The van der Waals surface area contributed by atoms with Gasteiger partial charge >= 0.3 is 0 Å². The van der Waals surface area contributed by atoms with Crippen LogP contribution >= 0.6 is 11.6 Å². The molecule has 0 aliphatic carbocycles. The molecule has 3 rings (SSSR count). The van der Waals surface area contributed by atoms with E-state index < -0.39 is 5.82 Å². The van der Waals surface area contributed by atoms with E-state index in [0.29, 0.717) is 18.8 Å². The average Bonchev–Trinajstić information content (AvgIpc) is 3.07. The van der Waals surface area contributed by atoms with Gasteiger partial charge in [-0.1, -0.05) is 11.6 Å². The summed E-state index contributed by atoms with van der Waals surface area (Å²) in [5.74, 6) is 0.454. The predicted octanol–water partition coefficient (Wildman–Crippen LogP) is 1.96. The molecule has 2 atom stereocenters. The molecule has 1 aliphatic heterocycles. The third-order valence-corrected chi connectivity index (χ3v) is 3.61. The van der Waals surface area contributed by atoms with Crippen LogP contribution in [-0.2, 0) is 4.74 Å². The van der Waals surface area contributed by atoms with E-state index in [-0.39, 0.29) is 23.0 Å². The van der Waals surface area contributed by atoms with E-state index in [9.17, 15) is 4.39 Å². The lowest BCUT2D eigenvalue weighted by molar-refractivity contribution is 0.118. The van der Waals surface area contributed by atoms with E-state index >= 15 is 0 Å². The molecule has 0 radical (unpaired) electrons. The topological polar surface area (TPSA) is 66.9 Å². The first-order chi connectivity index (χ1) is 9.69. The molecular formula is C12H13ClFN5O. The van der Waals surface area contributed by atoms with Crippen LogP contribution in [0.25, 0.3) is 0 Å². The van der Waals surface area contributed by atoms with Gasteiger partial charge in [-0.15, -0.1) is 0 Å². The van der Waals surface area contributed by atoms with Gasteiger partial charge in [0.15, 0.2) is 11.6 Å². The van der Waals surface area contributed by atoms with Gasteiger partial charge in [-0.25, -0.2) is 14.4 Å². The van der Waals surface area contributed by atoms with Crippen molar-refractivity contribution in [1.29, 1.82) is 0 Å². The maximum Gasteiger partial charge on any atom is 0.167 e.